The molecule has 3 aromatic rings. The molecule has 5 heterocycles. The number of methoxy groups -OCH3 is 2. The van der Waals surface area contributed by atoms with Gasteiger partial charge >= 0.3 is 11.9 Å². The number of hydrogen-bond acceptors (Lipinski definition) is 13. The van der Waals surface area contributed by atoms with Crippen molar-refractivity contribution in [2.45, 2.75) is 133 Å². The molecule has 4 aliphatic heterocycles. The maximum absolute atomic E-state index is 15.4. The molecular weight excluding hydrogens is 853 g/mol. The van der Waals surface area contributed by atoms with E-state index in [0.29, 0.717) is 75.3 Å². The number of para-hydroxylation sites is 1. The predicted octanol–water partition coefficient (Wildman–Crippen LogP) is 3.96. The number of hydrogen-bond donors (Lipinski definition) is 7. The number of nitrogens with zero attached hydrogens (tertiary/aromatic N) is 2. The van der Waals surface area contributed by atoms with Gasteiger partial charge in [-0.25, -0.2) is 0 Å². The highest BCUT2D eigenvalue weighted by atomic mass is 16.5. The summed E-state index contributed by atoms with van der Waals surface area (Å²) in [5.74, 6) is -1.50. The fraction of sp³-hybridized carbons (Fsp3) is 0.635. The van der Waals surface area contributed by atoms with Crippen LogP contribution in [0.4, 0.5) is 5.69 Å². The van der Waals surface area contributed by atoms with E-state index in [2.05, 4.69) is 39.6 Å². The number of ether oxygens (including phenoxy) is 3. The number of aromatic nitrogens is 1. The third-order valence-electron chi connectivity index (χ3n) is 16.7. The number of esters is 2. The zero-order chi connectivity index (χ0) is 48.5. The molecule has 1 amide bonds. The van der Waals surface area contributed by atoms with Gasteiger partial charge in [-0.2, -0.15) is 0 Å². The molecule has 0 bridgehead atoms. The molecule has 0 radical (unpaired) electrons. The van der Waals surface area contributed by atoms with Gasteiger partial charge in [-0.15, -0.1) is 0 Å². The van der Waals surface area contributed by atoms with Crippen LogP contribution >= 0.6 is 0 Å². The maximum Gasteiger partial charge on any atom is 0.323 e. The highest BCUT2D eigenvalue weighted by Crippen LogP contribution is 2.67. The van der Waals surface area contributed by atoms with Crippen LogP contribution in [0.3, 0.4) is 0 Å². The molecule has 1 saturated carbocycles. The van der Waals surface area contributed by atoms with Crippen LogP contribution in [-0.2, 0) is 41.1 Å². The van der Waals surface area contributed by atoms with Gasteiger partial charge < -0.3 is 55.8 Å². The molecular formula is C52H74N6O9. The molecule has 1 saturated heterocycles. The smallest absolute Gasteiger partial charge is 0.323 e. The van der Waals surface area contributed by atoms with Crippen LogP contribution in [0, 0.1) is 16.7 Å². The molecule has 4 unspecified atom stereocenters. The highest BCUT2D eigenvalue weighted by Gasteiger charge is 2.78. The molecule has 67 heavy (non-hydrogen) atoms. The number of β-amino-alcohol motifs (C(OH)–C–C–N with tert-alkyl or cyclic N) is 1. The standard InChI is InChI=1S/C52H74N6O9/c1-10-48(63)28-31(3)29-51(46(62)66-9,40-33(18-22-54-30-48)32-16-12-13-17-36(32)56-40)35-26-34-37(27-38(35)65-8)57(7)43-50(34)20-24-58-23-14-19-49(11-2,42(50)58)44(60)52(43,64)45(61)55-21-15-25-67-41(59)39(53)47(4,5)6/h12-14,16-17,19,26-27,31,39,42-44,54,56,60,63-64H,10-11,15,18,20-25,28-30,53H2,1-9H3,(H,55,61)/t31-,39?,42?,43?,44-,48?,49-,50-,51+,52+/m1/s1. The first-order valence-corrected chi connectivity index (χ1v) is 24.4. The zero-order valence-corrected chi connectivity index (χ0v) is 41.0. The van der Waals surface area contributed by atoms with Crippen molar-refractivity contribution in [1.82, 2.24) is 20.5 Å². The summed E-state index contributed by atoms with van der Waals surface area (Å²) >= 11 is 0. The van der Waals surface area contributed by atoms with Gasteiger partial charge in [-0.05, 0) is 92.6 Å². The summed E-state index contributed by atoms with van der Waals surface area (Å²) in [6.45, 7) is 14.0. The van der Waals surface area contributed by atoms with E-state index in [1.807, 2.05) is 83.0 Å². The lowest BCUT2D eigenvalue weighted by Crippen LogP contribution is -2.81. The minimum Gasteiger partial charge on any atom is -0.496 e. The molecule has 8 N–H and O–H groups in total. The number of nitrogens with two attached hydrogens (primary N) is 1. The fourth-order valence-electron chi connectivity index (χ4n) is 13.4. The van der Waals surface area contributed by atoms with Gasteiger partial charge in [0.25, 0.3) is 5.91 Å². The van der Waals surface area contributed by atoms with E-state index in [0.717, 1.165) is 27.7 Å². The molecule has 15 heteroatoms. The van der Waals surface area contributed by atoms with Gasteiger partial charge in [-0.1, -0.05) is 71.9 Å². The normalized spacial score (nSPS) is 33.2. The summed E-state index contributed by atoms with van der Waals surface area (Å²) in [6, 6.07) is 9.96. The molecule has 2 fully saturated rings. The lowest BCUT2D eigenvalue weighted by atomic mass is 9.47. The van der Waals surface area contributed by atoms with Gasteiger partial charge in [0, 0.05) is 77.5 Å². The number of anilines is 1. The van der Waals surface area contributed by atoms with Crippen molar-refractivity contribution in [3.63, 3.8) is 0 Å². The lowest BCUT2D eigenvalue weighted by Gasteiger charge is -2.63. The van der Waals surface area contributed by atoms with E-state index in [1.54, 1.807) is 7.11 Å². The van der Waals surface area contributed by atoms with Gasteiger partial charge in [0.05, 0.1) is 32.5 Å². The largest absolute Gasteiger partial charge is 0.496 e. The van der Waals surface area contributed by atoms with Crippen LogP contribution in [0.1, 0.15) is 102 Å². The number of carbonyl (C=O) groups excluding carboxylic acids is 3. The molecule has 366 valence electrons. The number of aliphatic hydroxyl groups is 3. The van der Waals surface area contributed by atoms with Crippen molar-refractivity contribution in [1.29, 1.82) is 0 Å². The van der Waals surface area contributed by atoms with Gasteiger partial charge in [0.1, 0.15) is 23.3 Å². The highest BCUT2D eigenvalue weighted by molar-refractivity contribution is 5.95. The third-order valence-corrected chi connectivity index (χ3v) is 16.7. The SMILES string of the molecule is CCC1(O)CNCCc2c([nH]c3ccccc23)[C@@](C(=O)OC)(c2cc3c(cc2OC)N(C)C2[C@]34CCN3CC=C[C@](CC)(C34)[C@@H](O)[C@]2(O)C(=O)NCCCOC(=O)C(N)C(C)(C)C)C[C@H](C)C1. The number of aliphatic hydroxyl groups excluding tert-OH is 1. The molecule has 10 atom stereocenters. The van der Waals surface area contributed by atoms with Gasteiger partial charge in [-0.3, -0.25) is 19.3 Å². The van der Waals surface area contributed by atoms with Crippen LogP contribution < -0.4 is 26.0 Å². The molecule has 1 aliphatic carbocycles. The Kier molecular flexibility index (Phi) is 13.0. The Morgan fingerprint density at radius 1 is 1.04 bits per heavy atom. The molecule has 8 rings (SSSR count). The van der Waals surface area contributed by atoms with Gasteiger partial charge in [0.2, 0.25) is 0 Å². The minimum absolute atomic E-state index is 0.0106. The fourth-order valence-corrected chi connectivity index (χ4v) is 13.4. The minimum atomic E-state index is -2.35. The van der Waals surface area contributed by atoms with E-state index in [1.165, 1.54) is 7.11 Å². The number of amides is 1. The Bertz CT molecular complexity index is 2410. The van der Waals surface area contributed by atoms with Crippen molar-refractivity contribution in [2.75, 3.05) is 65.5 Å². The van der Waals surface area contributed by atoms with Crippen LogP contribution in [0.2, 0.25) is 0 Å². The topological polar surface area (TPSA) is 212 Å². The molecule has 1 aromatic heterocycles. The first kappa shape index (κ1) is 48.9. The number of carbonyl (C=O) groups is 3. The zero-order valence-electron chi connectivity index (χ0n) is 41.0. The second-order valence-corrected chi connectivity index (χ2v) is 21.4. The lowest BCUT2D eigenvalue weighted by molar-refractivity contribution is -0.203. The summed E-state index contributed by atoms with van der Waals surface area (Å²) in [5, 5.41) is 45.8. The van der Waals surface area contributed by atoms with Crippen LogP contribution in [-0.4, -0.2) is 139 Å². The molecule has 2 aromatic carbocycles. The third kappa shape index (κ3) is 7.40. The van der Waals surface area contributed by atoms with Crippen molar-refractivity contribution >= 4 is 34.4 Å². The summed E-state index contributed by atoms with van der Waals surface area (Å²) in [5.41, 5.74) is 3.49. The molecule has 15 nitrogen and oxygen atoms in total. The second kappa shape index (κ2) is 17.8. The summed E-state index contributed by atoms with van der Waals surface area (Å²) in [7, 11) is 4.86. The van der Waals surface area contributed by atoms with Crippen molar-refractivity contribution in [3.8, 4) is 5.75 Å². The van der Waals surface area contributed by atoms with Gasteiger partial charge in [0.15, 0.2) is 5.60 Å². The van der Waals surface area contributed by atoms with E-state index < -0.39 is 68.9 Å². The number of likely N-dealkylation sites (N-methyl/N-ethyl adjacent to an activating group) is 1. The van der Waals surface area contributed by atoms with Crippen LogP contribution in [0.25, 0.3) is 10.9 Å². The van der Waals surface area contributed by atoms with Crippen LogP contribution in [0.5, 0.6) is 5.75 Å². The monoisotopic (exact) mass is 927 g/mol. The number of nitrogens with one attached hydrogen (secondary N) is 3. The Morgan fingerprint density at radius 3 is 2.48 bits per heavy atom. The van der Waals surface area contributed by atoms with Crippen molar-refractivity contribution in [3.05, 3.63) is 70.9 Å². The number of benzene rings is 2. The number of rotatable bonds is 11. The molecule has 5 aliphatic rings. The van der Waals surface area contributed by atoms with Crippen LogP contribution in [0.15, 0.2) is 48.6 Å². The van der Waals surface area contributed by atoms with E-state index in [4.69, 9.17) is 19.9 Å². The summed E-state index contributed by atoms with van der Waals surface area (Å²) in [6.07, 6.45) is 5.55. The quantitative estimate of drug-likeness (QED) is 0.0826. The maximum atomic E-state index is 15.4. The van der Waals surface area contributed by atoms with Crippen molar-refractivity contribution < 1.29 is 43.9 Å². The number of aromatic amines is 1. The Balaban J connectivity index is 1.31. The summed E-state index contributed by atoms with van der Waals surface area (Å²) < 4.78 is 17.8. The van der Waals surface area contributed by atoms with E-state index in [9.17, 15) is 24.9 Å². The van der Waals surface area contributed by atoms with E-state index >= 15 is 4.79 Å². The first-order chi connectivity index (χ1) is 31.7. The number of fused-ring (bicyclic) bond motifs is 4. The Morgan fingerprint density at radius 2 is 1.79 bits per heavy atom. The average Bonchev–Trinajstić information content (AvgIpc) is 3.96. The first-order valence-electron chi connectivity index (χ1n) is 24.4. The van der Waals surface area contributed by atoms with E-state index in [-0.39, 0.29) is 38.0 Å². The average molecular weight is 927 g/mol. The Hall–Kier alpha value is -4.51. The summed E-state index contributed by atoms with van der Waals surface area (Å²) in [4.78, 5) is 51.1. The second-order valence-electron chi connectivity index (χ2n) is 21.4. The molecule has 1 spiro atoms. The Labute approximate surface area is 395 Å². The number of H-pyrrole nitrogens is 1. The van der Waals surface area contributed by atoms with Crippen molar-refractivity contribution in [2.24, 2.45) is 22.5 Å². The predicted molar refractivity (Wildman–Crippen MR) is 257 cm³/mol.